The number of aromatic carboxylic acids is 1. The highest BCUT2D eigenvalue weighted by Crippen LogP contribution is 2.09. The Labute approximate surface area is 81.0 Å². The van der Waals surface area contributed by atoms with Crippen LogP contribution >= 0.6 is 0 Å². The summed E-state index contributed by atoms with van der Waals surface area (Å²) in [6.07, 6.45) is 1.89. The molecule has 0 atom stereocenters. The molecule has 5 heteroatoms. The summed E-state index contributed by atoms with van der Waals surface area (Å²) < 4.78 is 5.17. The van der Waals surface area contributed by atoms with Gasteiger partial charge in [0.25, 0.3) is 0 Å². The van der Waals surface area contributed by atoms with Gasteiger partial charge < -0.3 is 14.9 Å². The van der Waals surface area contributed by atoms with Crippen LogP contribution < -0.4 is 4.74 Å². The molecule has 0 aliphatic rings. The van der Waals surface area contributed by atoms with Crippen molar-refractivity contribution in [2.75, 3.05) is 13.2 Å². The molecular formula is C9H11NO4. The average Bonchev–Trinajstić information content (AvgIpc) is 2.19. The molecule has 0 bridgehead atoms. The van der Waals surface area contributed by atoms with E-state index in [9.17, 15) is 4.79 Å². The highest BCUT2D eigenvalue weighted by atomic mass is 16.5. The molecule has 0 aromatic carbocycles. The zero-order valence-electron chi connectivity index (χ0n) is 7.51. The largest absolute Gasteiger partial charge is 0.492 e. The van der Waals surface area contributed by atoms with Crippen LogP contribution in [0.4, 0.5) is 0 Å². The molecule has 2 N–H and O–H groups in total. The molecule has 5 nitrogen and oxygen atoms in total. The number of aliphatic hydroxyl groups is 1. The third-order valence-electron chi connectivity index (χ3n) is 1.53. The van der Waals surface area contributed by atoms with Crippen molar-refractivity contribution in [1.82, 2.24) is 4.98 Å². The highest BCUT2D eigenvalue weighted by Gasteiger charge is 2.03. The summed E-state index contributed by atoms with van der Waals surface area (Å²) in [6, 6.07) is 2.91. The number of hydrogen-bond donors (Lipinski definition) is 2. The van der Waals surface area contributed by atoms with E-state index in [0.717, 1.165) is 0 Å². The molecule has 0 spiro atoms. The second-order valence-electron chi connectivity index (χ2n) is 2.61. The van der Waals surface area contributed by atoms with Crippen molar-refractivity contribution >= 4 is 5.97 Å². The molecule has 0 fully saturated rings. The van der Waals surface area contributed by atoms with Crippen molar-refractivity contribution in [3.63, 3.8) is 0 Å². The van der Waals surface area contributed by atoms with Crippen LogP contribution in [0.2, 0.25) is 0 Å². The second-order valence-corrected chi connectivity index (χ2v) is 2.61. The van der Waals surface area contributed by atoms with E-state index >= 15 is 0 Å². The van der Waals surface area contributed by atoms with Gasteiger partial charge in [0.1, 0.15) is 11.4 Å². The molecule has 0 saturated heterocycles. The Morgan fingerprint density at radius 1 is 1.50 bits per heavy atom. The van der Waals surface area contributed by atoms with Crippen LogP contribution in [-0.2, 0) is 0 Å². The van der Waals surface area contributed by atoms with Crippen LogP contribution in [0.15, 0.2) is 18.3 Å². The minimum Gasteiger partial charge on any atom is -0.492 e. The summed E-state index contributed by atoms with van der Waals surface area (Å²) >= 11 is 0. The Bertz CT molecular complexity index is 296. The van der Waals surface area contributed by atoms with Crippen LogP contribution in [0.25, 0.3) is 0 Å². The zero-order valence-corrected chi connectivity index (χ0v) is 7.51. The first-order valence-electron chi connectivity index (χ1n) is 4.17. The third kappa shape index (κ3) is 3.02. The van der Waals surface area contributed by atoms with E-state index in [1.165, 1.54) is 18.3 Å². The molecule has 0 aliphatic heterocycles. The molecule has 0 saturated carbocycles. The minimum absolute atomic E-state index is 0.0143. The molecule has 0 radical (unpaired) electrons. The number of hydrogen-bond acceptors (Lipinski definition) is 4. The number of carboxylic acid groups (broad SMARTS) is 1. The first kappa shape index (κ1) is 10.5. The summed E-state index contributed by atoms with van der Waals surface area (Å²) in [5.74, 6) is -0.560. The predicted molar refractivity (Wildman–Crippen MR) is 48.4 cm³/mol. The Kier molecular flexibility index (Phi) is 3.87. The summed E-state index contributed by atoms with van der Waals surface area (Å²) in [5, 5.41) is 17.0. The smallest absolute Gasteiger partial charge is 0.354 e. The number of carbonyl (C=O) groups is 1. The van der Waals surface area contributed by atoms with Gasteiger partial charge in [-0.15, -0.1) is 0 Å². The number of rotatable bonds is 5. The lowest BCUT2D eigenvalue weighted by Gasteiger charge is -2.03. The SMILES string of the molecule is O=C(O)c1ccc(OCCCO)cn1. The van der Waals surface area contributed by atoms with Crippen LogP contribution in [0.3, 0.4) is 0 Å². The number of pyridine rings is 1. The molecule has 1 aromatic heterocycles. The monoisotopic (exact) mass is 197 g/mol. The van der Waals surface area contributed by atoms with Crippen molar-refractivity contribution < 1.29 is 19.7 Å². The summed E-state index contributed by atoms with van der Waals surface area (Å²) in [6.45, 7) is 0.464. The van der Waals surface area contributed by atoms with Crippen LogP contribution in [0, 0.1) is 0 Å². The van der Waals surface area contributed by atoms with Gasteiger partial charge >= 0.3 is 5.97 Å². The first-order valence-corrected chi connectivity index (χ1v) is 4.17. The van der Waals surface area contributed by atoms with E-state index in [2.05, 4.69) is 4.98 Å². The number of nitrogens with zero attached hydrogens (tertiary/aromatic N) is 1. The van der Waals surface area contributed by atoms with Gasteiger partial charge in [-0.3, -0.25) is 0 Å². The van der Waals surface area contributed by atoms with Crippen LogP contribution in [0.5, 0.6) is 5.75 Å². The zero-order chi connectivity index (χ0) is 10.4. The van der Waals surface area contributed by atoms with E-state index < -0.39 is 5.97 Å². The molecule has 76 valence electrons. The quantitative estimate of drug-likeness (QED) is 0.673. The molecule has 0 unspecified atom stereocenters. The Hall–Kier alpha value is -1.62. The summed E-state index contributed by atoms with van der Waals surface area (Å²) in [4.78, 5) is 14.1. The maximum Gasteiger partial charge on any atom is 0.354 e. The van der Waals surface area contributed by atoms with E-state index in [1.54, 1.807) is 0 Å². The average molecular weight is 197 g/mol. The summed E-state index contributed by atoms with van der Waals surface area (Å²) in [7, 11) is 0. The van der Waals surface area contributed by atoms with Crippen LogP contribution in [-0.4, -0.2) is 34.4 Å². The molecule has 1 rings (SSSR count). The topological polar surface area (TPSA) is 79.7 Å². The van der Waals surface area contributed by atoms with E-state index in [1.807, 2.05) is 0 Å². The summed E-state index contributed by atoms with van der Waals surface area (Å²) in [5.41, 5.74) is -0.0143. The number of ether oxygens (including phenoxy) is 1. The lowest BCUT2D eigenvalue weighted by atomic mass is 10.3. The fourth-order valence-corrected chi connectivity index (χ4v) is 0.847. The van der Waals surface area contributed by atoms with Crippen molar-refractivity contribution in [2.24, 2.45) is 0 Å². The molecule has 1 aromatic rings. The highest BCUT2D eigenvalue weighted by molar-refractivity contribution is 5.85. The number of aromatic nitrogens is 1. The Morgan fingerprint density at radius 2 is 2.29 bits per heavy atom. The van der Waals surface area contributed by atoms with E-state index in [0.29, 0.717) is 18.8 Å². The van der Waals surface area contributed by atoms with Crippen molar-refractivity contribution in [3.8, 4) is 5.75 Å². The predicted octanol–water partition coefficient (Wildman–Crippen LogP) is 0.541. The number of carboxylic acids is 1. The van der Waals surface area contributed by atoms with E-state index in [4.69, 9.17) is 14.9 Å². The van der Waals surface area contributed by atoms with Gasteiger partial charge in [0.05, 0.1) is 12.8 Å². The molecule has 0 amide bonds. The Balaban J connectivity index is 2.51. The first-order chi connectivity index (χ1) is 6.74. The normalized spacial score (nSPS) is 9.79. The third-order valence-corrected chi connectivity index (χ3v) is 1.53. The van der Waals surface area contributed by atoms with E-state index in [-0.39, 0.29) is 12.3 Å². The van der Waals surface area contributed by atoms with Gasteiger partial charge in [0.15, 0.2) is 0 Å². The van der Waals surface area contributed by atoms with Gasteiger partial charge in [0, 0.05) is 13.0 Å². The molecule has 14 heavy (non-hydrogen) atoms. The maximum absolute atomic E-state index is 10.4. The van der Waals surface area contributed by atoms with Crippen molar-refractivity contribution in [2.45, 2.75) is 6.42 Å². The van der Waals surface area contributed by atoms with Gasteiger partial charge in [0.2, 0.25) is 0 Å². The van der Waals surface area contributed by atoms with Gasteiger partial charge in [-0.1, -0.05) is 0 Å². The fraction of sp³-hybridized carbons (Fsp3) is 0.333. The standard InChI is InChI=1S/C9H11NO4/c11-4-1-5-14-7-2-3-8(9(12)13)10-6-7/h2-3,6,11H,1,4-5H2,(H,12,13). The molecule has 1 heterocycles. The molecule has 0 aliphatic carbocycles. The van der Waals surface area contributed by atoms with Crippen molar-refractivity contribution in [3.05, 3.63) is 24.0 Å². The van der Waals surface area contributed by atoms with Crippen LogP contribution in [0.1, 0.15) is 16.9 Å². The minimum atomic E-state index is -1.06. The Morgan fingerprint density at radius 3 is 2.79 bits per heavy atom. The lowest BCUT2D eigenvalue weighted by molar-refractivity contribution is 0.0690. The fourth-order valence-electron chi connectivity index (χ4n) is 0.847. The lowest BCUT2D eigenvalue weighted by Crippen LogP contribution is -2.02. The van der Waals surface area contributed by atoms with Gasteiger partial charge in [-0.25, -0.2) is 9.78 Å². The maximum atomic E-state index is 10.4. The van der Waals surface area contributed by atoms with Crippen molar-refractivity contribution in [1.29, 1.82) is 0 Å². The second kappa shape index (κ2) is 5.18. The number of aliphatic hydroxyl groups excluding tert-OH is 1. The van der Waals surface area contributed by atoms with Gasteiger partial charge in [-0.05, 0) is 12.1 Å². The molecular weight excluding hydrogens is 186 g/mol. The van der Waals surface area contributed by atoms with Gasteiger partial charge in [-0.2, -0.15) is 0 Å².